The van der Waals surface area contributed by atoms with Gasteiger partial charge in [0.1, 0.15) is 0 Å². The van der Waals surface area contributed by atoms with Crippen molar-refractivity contribution in [1.82, 2.24) is 25.1 Å². The monoisotopic (exact) mass is 289 g/mol. The van der Waals surface area contributed by atoms with Crippen molar-refractivity contribution in [2.24, 2.45) is 5.92 Å². The van der Waals surface area contributed by atoms with E-state index in [4.69, 9.17) is 0 Å². The van der Waals surface area contributed by atoms with Gasteiger partial charge in [0, 0.05) is 37.2 Å². The Morgan fingerprint density at radius 1 is 1.62 bits per heavy atom. The Hall–Kier alpha value is -1.63. The highest BCUT2D eigenvalue weighted by atomic mass is 16.3. The normalized spacial score (nSPS) is 26.5. The Kier molecular flexibility index (Phi) is 4.10. The SMILES string of the molecule is CNC(O)N(C)C1=CC2C(C=C1)CCN2Cc1cnc[nH]1. The van der Waals surface area contributed by atoms with E-state index in [2.05, 4.69) is 38.4 Å². The molecule has 3 N–H and O–H groups in total. The molecule has 114 valence electrons. The standard InChI is InChI=1S/C15H23N5O/c1-16-15(21)19(2)13-4-3-11-5-6-20(14(11)7-13)9-12-8-17-10-18-12/h3-4,7-8,10-11,14-16,21H,5-6,9H2,1-2H3,(H,17,18). The fraction of sp³-hybridized carbons (Fsp3) is 0.533. The molecular formula is C15H23N5O. The highest BCUT2D eigenvalue weighted by molar-refractivity contribution is 5.28. The van der Waals surface area contributed by atoms with E-state index in [-0.39, 0.29) is 0 Å². The summed E-state index contributed by atoms with van der Waals surface area (Å²) in [5, 5.41) is 12.8. The molecule has 3 atom stereocenters. The first-order chi connectivity index (χ1) is 10.2. The van der Waals surface area contributed by atoms with Crippen LogP contribution in [0, 0.1) is 5.92 Å². The number of hydrogen-bond donors (Lipinski definition) is 3. The third-order valence-corrected chi connectivity index (χ3v) is 4.43. The van der Waals surface area contributed by atoms with Crippen LogP contribution >= 0.6 is 0 Å². The second-order valence-electron chi connectivity index (χ2n) is 5.71. The van der Waals surface area contributed by atoms with E-state index >= 15 is 0 Å². The average Bonchev–Trinajstić information content (AvgIpc) is 3.16. The predicted molar refractivity (Wildman–Crippen MR) is 80.9 cm³/mol. The van der Waals surface area contributed by atoms with Crippen LogP contribution in [0.3, 0.4) is 0 Å². The summed E-state index contributed by atoms with van der Waals surface area (Å²) >= 11 is 0. The Labute approximate surface area is 125 Å². The fourth-order valence-corrected chi connectivity index (χ4v) is 3.14. The lowest BCUT2D eigenvalue weighted by atomic mass is 9.94. The molecule has 1 aromatic heterocycles. The molecule has 3 rings (SSSR count). The van der Waals surface area contributed by atoms with Crippen molar-refractivity contribution >= 4 is 0 Å². The van der Waals surface area contributed by atoms with Gasteiger partial charge in [-0.25, -0.2) is 4.98 Å². The van der Waals surface area contributed by atoms with Gasteiger partial charge in [-0.1, -0.05) is 6.08 Å². The van der Waals surface area contributed by atoms with Crippen LogP contribution in [-0.2, 0) is 6.54 Å². The largest absolute Gasteiger partial charge is 0.361 e. The summed E-state index contributed by atoms with van der Waals surface area (Å²) in [6, 6.07) is 0.389. The summed E-state index contributed by atoms with van der Waals surface area (Å²) in [7, 11) is 3.64. The lowest BCUT2D eigenvalue weighted by Gasteiger charge is -2.32. The number of H-pyrrole nitrogens is 1. The Balaban J connectivity index is 1.74. The first-order valence-corrected chi connectivity index (χ1v) is 7.38. The molecule has 3 unspecified atom stereocenters. The molecule has 6 nitrogen and oxygen atoms in total. The molecule has 2 heterocycles. The molecule has 0 aromatic carbocycles. The minimum atomic E-state index is -0.667. The molecule has 1 saturated heterocycles. The number of nitrogens with one attached hydrogen (secondary N) is 2. The van der Waals surface area contributed by atoms with Gasteiger partial charge in [-0.3, -0.25) is 10.2 Å². The van der Waals surface area contributed by atoms with E-state index in [1.54, 1.807) is 13.4 Å². The van der Waals surface area contributed by atoms with E-state index in [9.17, 15) is 5.11 Å². The molecule has 6 heteroatoms. The van der Waals surface area contributed by atoms with Crippen LogP contribution in [0.25, 0.3) is 0 Å². The number of likely N-dealkylation sites (tertiary alicyclic amines) is 1. The van der Waals surface area contributed by atoms with Crippen molar-refractivity contribution in [2.75, 3.05) is 20.6 Å². The Bertz CT molecular complexity index is 524. The second kappa shape index (κ2) is 6.01. The quantitative estimate of drug-likeness (QED) is 0.688. The van der Waals surface area contributed by atoms with Crippen LogP contribution in [0.15, 0.2) is 36.4 Å². The van der Waals surface area contributed by atoms with Gasteiger partial charge in [-0.2, -0.15) is 0 Å². The van der Waals surface area contributed by atoms with Crippen LogP contribution in [0.5, 0.6) is 0 Å². The number of imidazole rings is 1. The van der Waals surface area contributed by atoms with E-state index in [0.29, 0.717) is 12.0 Å². The van der Waals surface area contributed by atoms with Gasteiger partial charge in [0.2, 0.25) is 0 Å². The van der Waals surface area contributed by atoms with Gasteiger partial charge >= 0.3 is 0 Å². The van der Waals surface area contributed by atoms with Crippen molar-refractivity contribution < 1.29 is 5.11 Å². The summed E-state index contributed by atoms with van der Waals surface area (Å²) in [5.41, 5.74) is 2.19. The molecule has 0 saturated carbocycles. The highest BCUT2D eigenvalue weighted by Gasteiger charge is 2.33. The van der Waals surface area contributed by atoms with Crippen molar-refractivity contribution in [1.29, 1.82) is 0 Å². The minimum Gasteiger partial charge on any atom is -0.361 e. The zero-order valence-electron chi connectivity index (χ0n) is 12.5. The molecular weight excluding hydrogens is 266 g/mol. The number of rotatable bonds is 5. The number of hydrogen-bond acceptors (Lipinski definition) is 5. The number of aliphatic hydroxyl groups excluding tert-OH is 1. The highest BCUT2D eigenvalue weighted by Crippen LogP contribution is 2.32. The lowest BCUT2D eigenvalue weighted by Crippen LogP contribution is -2.42. The van der Waals surface area contributed by atoms with Gasteiger partial charge < -0.3 is 15.0 Å². The van der Waals surface area contributed by atoms with Crippen molar-refractivity contribution in [2.45, 2.75) is 25.4 Å². The van der Waals surface area contributed by atoms with E-state index in [1.165, 1.54) is 6.42 Å². The smallest absolute Gasteiger partial charge is 0.183 e. The first kappa shape index (κ1) is 14.3. The number of aromatic nitrogens is 2. The van der Waals surface area contributed by atoms with Gasteiger partial charge in [0.05, 0.1) is 6.33 Å². The van der Waals surface area contributed by atoms with E-state index in [1.807, 2.05) is 18.1 Å². The van der Waals surface area contributed by atoms with Gasteiger partial charge in [-0.05, 0) is 38.1 Å². The van der Waals surface area contributed by atoms with Gasteiger partial charge in [0.25, 0.3) is 0 Å². The zero-order valence-corrected chi connectivity index (χ0v) is 12.5. The molecule has 0 spiro atoms. The average molecular weight is 289 g/mol. The van der Waals surface area contributed by atoms with Gasteiger partial charge in [-0.15, -0.1) is 0 Å². The molecule has 1 aliphatic heterocycles. The summed E-state index contributed by atoms with van der Waals surface area (Å²) < 4.78 is 0. The minimum absolute atomic E-state index is 0.389. The van der Waals surface area contributed by atoms with Crippen LogP contribution < -0.4 is 5.32 Å². The van der Waals surface area contributed by atoms with E-state index < -0.39 is 6.35 Å². The van der Waals surface area contributed by atoms with Crippen LogP contribution in [-0.4, -0.2) is 57.9 Å². The Morgan fingerprint density at radius 3 is 3.19 bits per heavy atom. The molecule has 2 aliphatic rings. The molecule has 0 radical (unpaired) electrons. The predicted octanol–water partition coefficient (Wildman–Crippen LogP) is 0.481. The zero-order chi connectivity index (χ0) is 14.8. The third-order valence-electron chi connectivity index (χ3n) is 4.43. The number of likely N-dealkylation sites (N-methyl/N-ethyl adjacent to an activating group) is 1. The fourth-order valence-electron chi connectivity index (χ4n) is 3.14. The van der Waals surface area contributed by atoms with Crippen LogP contribution in [0.1, 0.15) is 12.1 Å². The van der Waals surface area contributed by atoms with Crippen LogP contribution in [0.2, 0.25) is 0 Å². The lowest BCUT2D eigenvalue weighted by molar-refractivity contribution is 0.0244. The summed E-state index contributed by atoms with van der Waals surface area (Å²) in [5.74, 6) is 0.566. The number of aliphatic hydroxyl groups is 1. The summed E-state index contributed by atoms with van der Waals surface area (Å²) in [6.45, 7) is 1.97. The number of aromatic amines is 1. The van der Waals surface area contributed by atoms with Crippen LogP contribution in [0.4, 0.5) is 0 Å². The molecule has 0 bridgehead atoms. The third kappa shape index (κ3) is 2.88. The number of fused-ring (bicyclic) bond motifs is 1. The number of allylic oxidation sites excluding steroid dienone is 1. The maximum atomic E-state index is 9.91. The molecule has 1 aromatic rings. The summed E-state index contributed by atoms with van der Waals surface area (Å²) in [4.78, 5) is 11.6. The van der Waals surface area contributed by atoms with E-state index in [0.717, 1.165) is 24.5 Å². The number of nitrogens with zero attached hydrogens (tertiary/aromatic N) is 3. The second-order valence-corrected chi connectivity index (χ2v) is 5.71. The molecule has 21 heavy (non-hydrogen) atoms. The molecule has 1 fully saturated rings. The summed E-state index contributed by atoms with van der Waals surface area (Å²) in [6.07, 6.45) is 10.8. The topological polar surface area (TPSA) is 67.4 Å². The van der Waals surface area contributed by atoms with Crippen molar-refractivity contribution in [3.8, 4) is 0 Å². The Morgan fingerprint density at radius 2 is 2.48 bits per heavy atom. The maximum Gasteiger partial charge on any atom is 0.183 e. The van der Waals surface area contributed by atoms with Gasteiger partial charge in [0.15, 0.2) is 6.35 Å². The molecule has 1 aliphatic carbocycles. The maximum absolute atomic E-state index is 9.91. The molecule has 0 amide bonds. The van der Waals surface area contributed by atoms with Crippen molar-refractivity contribution in [3.05, 3.63) is 42.1 Å². The first-order valence-electron chi connectivity index (χ1n) is 7.38. The van der Waals surface area contributed by atoms with Crippen molar-refractivity contribution in [3.63, 3.8) is 0 Å².